The minimum atomic E-state index is -0.108. The Balaban J connectivity index is 1.87. The summed E-state index contributed by atoms with van der Waals surface area (Å²) in [7, 11) is 1.63. The first-order valence-corrected chi connectivity index (χ1v) is 10.5. The molecule has 0 aliphatic heterocycles. The first-order chi connectivity index (χ1) is 13.5. The van der Waals surface area contributed by atoms with E-state index in [0.29, 0.717) is 41.5 Å². The van der Waals surface area contributed by atoms with Gasteiger partial charge in [0.1, 0.15) is 5.75 Å². The third kappa shape index (κ3) is 6.17. The summed E-state index contributed by atoms with van der Waals surface area (Å²) in [6, 6.07) is 12.7. The van der Waals surface area contributed by atoms with Crippen molar-refractivity contribution < 1.29 is 14.3 Å². The van der Waals surface area contributed by atoms with Crippen LogP contribution in [0.3, 0.4) is 0 Å². The molecule has 2 rings (SSSR count). The highest BCUT2D eigenvalue weighted by Gasteiger charge is 2.16. The second kappa shape index (κ2) is 11.0. The van der Waals surface area contributed by atoms with Crippen molar-refractivity contribution >= 4 is 40.9 Å². The highest BCUT2D eigenvalue weighted by molar-refractivity contribution is 7.99. The van der Waals surface area contributed by atoms with Crippen molar-refractivity contribution in [2.75, 3.05) is 31.3 Å². The Bertz CT molecular complexity index is 808. The number of halogens is 1. The van der Waals surface area contributed by atoms with Gasteiger partial charge in [0.2, 0.25) is 5.91 Å². The number of thioether (sulfide) groups is 1. The van der Waals surface area contributed by atoms with Crippen LogP contribution in [-0.4, -0.2) is 42.7 Å². The van der Waals surface area contributed by atoms with Crippen LogP contribution in [0.1, 0.15) is 30.6 Å². The number of carbonyl (C=O) groups is 2. The van der Waals surface area contributed by atoms with E-state index in [0.717, 1.165) is 10.6 Å². The van der Waals surface area contributed by atoms with Crippen LogP contribution in [-0.2, 0) is 4.79 Å². The number of methoxy groups -OCH3 is 1. The first kappa shape index (κ1) is 22.1. The Morgan fingerprint density at radius 2 is 1.79 bits per heavy atom. The molecule has 0 unspecified atom stereocenters. The summed E-state index contributed by atoms with van der Waals surface area (Å²) in [5.41, 5.74) is 1.03. The maximum atomic E-state index is 12.4. The van der Waals surface area contributed by atoms with Gasteiger partial charge in [-0.1, -0.05) is 11.6 Å². The number of anilines is 1. The van der Waals surface area contributed by atoms with Gasteiger partial charge in [0.05, 0.1) is 17.7 Å². The maximum Gasteiger partial charge on any atom is 0.255 e. The van der Waals surface area contributed by atoms with E-state index >= 15 is 0 Å². The summed E-state index contributed by atoms with van der Waals surface area (Å²) < 4.78 is 5.13. The smallest absolute Gasteiger partial charge is 0.255 e. The number of rotatable bonds is 9. The molecule has 2 aromatic carbocycles. The van der Waals surface area contributed by atoms with Crippen molar-refractivity contribution in [3.8, 4) is 5.75 Å². The molecule has 0 aliphatic carbocycles. The van der Waals surface area contributed by atoms with Gasteiger partial charge in [0.15, 0.2) is 0 Å². The normalized spacial score (nSPS) is 10.4. The molecule has 0 spiro atoms. The molecule has 150 valence electrons. The van der Waals surface area contributed by atoms with Crippen LogP contribution in [0, 0.1) is 0 Å². The lowest BCUT2D eigenvalue weighted by Gasteiger charge is -2.19. The van der Waals surface area contributed by atoms with E-state index in [2.05, 4.69) is 5.32 Å². The molecule has 5 nitrogen and oxygen atoms in total. The topological polar surface area (TPSA) is 58.6 Å². The van der Waals surface area contributed by atoms with Crippen LogP contribution in [0.15, 0.2) is 47.4 Å². The van der Waals surface area contributed by atoms with Crippen molar-refractivity contribution in [3.05, 3.63) is 53.1 Å². The lowest BCUT2D eigenvalue weighted by atomic mass is 10.1. The van der Waals surface area contributed by atoms with Gasteiger partial charge in [0.25, 0.3) is 5.91 Å². The van der Waals surface area contributed by atoms with E-state index in [-0.39, 0.29) is 11.8 Å². The van der Waals surface area contributed by atoms with Crippen LogP contribution >= 0.6 is 23.4 Å². The van der Waals surface area contributed by atoms with Gasteiger partial charge in [-0.2, -0.15) is 0 Å². The highest BCUT2D eigenvalue weighted by atomic mass is 35.5. The van der Waals surface area contributed by atoms with Gasteiger partial charge in [0, 0.05) is 35.8 Å². The first-order valence-electron chi connectivity index (χ1n) is 9.14. The fourth-order valence-corrected chi connectivity index (χ4v) is 3.72. The molecule has 2 amide bonds. The number of nitrogens with zero attached hydrogens (tertiary/aromatic N) is 1. The number of benzene rings is 2. The highest BCUT2D eigenvalue weighted by Crippen LogP contribution is 2.24. The largest absolute Gasteiger partial charge is 0.497 e. The fourth-order valence-electron chi connectivity index (χ4n) is 2.60. The Labute approximate surface area is 175 Å². The van der Waals surface area contributed by atoms with Crippen LogP contribution in [0.5, 0.6) is 5.75 Å². The lowest BCUT2D eigenvalue weighted by molar-refractivity contribution is -0.115. The summed E-state index contributed by atoms with van der Waals surface area (Å²) in [5.74, 6) is 1.26. The second-order valence-corrected chi connectivity index (χ2v) is 7.57. The third-order valence-electron chi connectivity index (χ3n) is 4.19. The summed E-state index contributed by atoms with van der Waals surface area (Å²) in [6.07, 6.45) is 0.369. The zero-order chi connectivity index (χ0) is 20.5. The standard InChI is InChI=1S/C21H25ClN2O3S/c1-4-24(5-2)21(26)18-11-6-15(14-19(18)22)23-20(25)12-13-28-17-9-7-16(27-3)8-10-17/h6-11,14H,4-5,12-13H2,1-3H3,(H,23,25). The van der Waals surface area contributed by atoms with Crippen LogP contribution < -0.4 is 10.1 Å². The average molecular weight is 421 g/mol. The van der Waals surface area contributed by atoms with Gasteiger partial charge >= 0.3 is 0 Å². The van der Waals surface area contributed by atoms with E-state index in [9.17, 15) is 9.59 Å². The maximum absolute atomic E-state index is 12.4. The summed E-state index contributed by atoms with van der Waals surface area (Å²) in [4.78, 5) is 27.4. The van der Waals surface area contributed by atoms with E-state index in [4.69, 9.17) is 16.3 Å². The minimum absolute atomic E-state index is 0.0973. The van der Waals surface area contributed by atoms with Crippen molar-refractivity contribution in [2.24, 2.45) is 0 Å². The SMILES string of the molecule is CCN(CC)C(=O)c1ccc(NC(=O)CCSc2ccc(OC)cc2)cc1Cl. The molecular formula is C21H25ClN2O3S. The minimum Gasteiger partial charge on any atom is -0.497 e. The predicted molar refractivity (Wildman–Crippen MR) is 116 cm³/mol. The number of hydrogen-bond donors (Lipinski definition) is 1. The molecule has 0 radical (unpaired) electrons. The summed E-state index contributed by atoms with van der Waals surface area (Å²) in [6.45, 7) is 5.09. The van der Waals surface area contributed by atoms with Crippen LogP contribution in [0.2, 0.25) is 5.02 Å². The summed E-state index contributed by atoms with van der Waals surface area (Å²) >= 11 is 7.87. The molecule has 1 N–H and O–H groups in total. The molecule has 0 heterocycles. The van der Waals surface area contributed by atoms with Crippen molar-refractivity contribution in [2.45, 2.75) is 25.2 Å². The fraction of sp³-hybridized carbons (Fsp3) is 0.333. The van der Waals surface area contributed by atoms with Gasteiger partial charge < -0.3 is 15.0 Å². The Morgan fingerprint density at radius 3 is 2.36 bits per heavy atom. The zero-order valence-corrected chi connectivity index (χ0v) is 17.9. The Kier molecular flexibility index (Phi) is 8.67. The van der Waals surface area contributed by atoms with Crippen molar-refractivity contribution in [3.63, 3.8) is 0 Å². The number of nitrogens with one attached hydrogen (secondary N) is 1. The Morgan fingerprint density at radius 1 is 1.11 bits per heavy atom. The van der Waals surface area contributed by atoms with Crippen molar-refractivity contribution in [1.82, 2.24) is 4.90 Å². The molecule has 0 bridgehead atoms. The monoisotopic (exact) mass is 420 g/mol. The van der Waals surface area contributed by atoms with E-state index < -0.39 is 0 Å². The molecule has 0 aliphatic rings. The molecule has 0 atom stereocenters. The molecular weight excluding hydrogens is 396 g/mol. The molecule has 7 heteroatoms. The molecule has 0 saturated heterocycles. The third-order valence-corrected chi connectivity index (χ3v) is 5.52. The lowest BCUT2D eigenvalue weighted by Crippen LogP contribution is -2.30. The number of ether oxygens (including phenoxy) is 1. The number of hydrogen-bond acceptors (Lipinski definition) is 4. The van der Waals surface area contributed by atoms with Crippen molar-refractivity contribution in [1.29, 1.82) is 0 Å². The quantitative estimate of drug-likeness (QED) is 0.583. The Hall–Kier alpha value is -2.18. The predicted octanol–water partition coefficient (Wildman–Crippen LogP) is 4.95. The molecule has 0 saturated carbocycles. The molecule has 0 aromatic heterocycles. The number of amides is 2. The van der Waals surface area contributed by atoms with Gasteiger partial charge in [-0.25, -0.2) is 0 Å². The van der Waals surface area contributed by atoms with Gasteiger partial charge in [-0.3, -0.25) is 9.59 Å². The van der Waals surface area contributed by atoms with Gasteiger partial charge in [-0.05, 0) is 56.3 Å². The van der Waals surface area contributed by atoms with E-state index in [1.54, 1.807) is 42.0 Å². The number of carbonyl (C=O) groups excluding carboxylic acids is 2. The van der Waals surface area contributed by atoms with E-state index in [1.807, 2.05) is 38.1 Å². The molecule has 2 aromatic rings. The van der Waals surface area contributed by atoms with Crippen LogP contribution in [0.4, 0.5) is 5.69 Å². The second-order valence-electron chi connectivity index (χ2n) is 5.99. The molecule has 28 heavy (non-hydrogen) atoms. The summed E-state index contributed by atoms with van der Waals surface area (Å²) in [5, 5.41) is 3.16. The van der Waals surface area contributed by atoms with Gasteiger partial charge in [-0.15, -0.1) is 11.8 Å². The van der Waals surface area contributed by atoms with E-state index in [1.165, 1.54) is 0 Å². The molecule has 0 fully saturated rings. The zero-order valence-electron chi connectivity index (χ0n) is 16.3. The van der Waals surface area contributed by atoms with Crippen LogP contribution in [0.25, 0.3) is 0 Å². The average Bonchev–Trinajstić information content (AvgIpc) is 2.69.